The zero-order valence-electron chi connectivity index (χ0n) is 18.9. The second kappa shape index (κ2) is 11.2. The fraction of sp³-hybridized carbons (Fsp3) is 0.320. The molecule has 1 saturated heterocycles. The summed E-state index contributed by atoms with van der Waals surface area (Å²) in [5.74, 6) is -0.326. The number of rotatable bonds is 6. The highest BCUT2D eigenvalue weighted by Gasteiger charge is 2.40. The predicted molar refractivity (Wildman–Crippen MR) is 142 cm³/mol. The van der Waals surface area contributed by atoms with Crippen LogP contribution >= 0.6 is 45.8 Å². The summed E-state index contributed by atoms with van der Waals surface area (Å²) in [4.78, 5) is 39.3. The number of hydrogen-bond donors (Lipinski definition) is 1. The third-order valence-electron chi connectivity index (χ3n) is 6.00. The molecule has 184 valence electrons. The van der Waals surface area contributed by atoms with Gasteiger partial charge in [-0.2, -0.15) is 0 Å². The maximum atomic E-state index is 13.2. The molecule has 0 bridgehead atoms. The van der Waals surface area contributed by atoms with Crippen LogP contribution in [0.4, 0.5) is 4.79 Å². The van der Waals surface area contributed by atoms with E-state index in [2.05, 4.69) is 27.9 Å². The van der Waals surface area contributed by atoms with Crippen LogP contribution in [-0.2, 0) is 16.2 Å². The molecule has 0 spiro atoms. The van der Waals surface area contributed by atoms with E-state index >= 15 is 0 Å². The van der Waals surface area contributed by atoms with Gasteiger partial charge in [-0.1, -0.05) is 48.5 Å². The number of nitrogens with one attached hydrogen (secondary N) is 1. The summed E-state index contributed by atoms with van der Waals surface area (Å²) in [6.07, 6.45) is 5.96. The molecular weight excluding hydrogens is 606 g/mol. The fourth-order valence-electron chi connectivity index (χ4n) is 4.26. The predicted octanol–water partition coefficient (Wildman–Crippen LogP) is 5.98. The second-order valence-corrected chi connectivity index (χ2v) is 10.3. The first-order valence-corrected chi connectivity index (χ1v) is 13.0. The molecule has 0 atom stereocenters. The zero-order valence-corrected chi connectivity index (χ0v) is 22.6. The van der Waals surface area contributed by atoms with Crippen molar-refractivity contribution < 1.29 is 23.9 Å². The number of benzene rings is 2. The number of methoxy groups -OCH3 is 1. The average Bonchev–Trinajstić information content (AvgIpc) is 2.83. The minimum absolute atomic E-state index is 0.0856. The molecule has 2 aromatic carbocycles. The van der Waals surface area contributed by atoms with Crippen LogP contribution in [0.3, 0.4) is 0 Å². The zero-order chi connectivity index (χ0) is 25.1. The van der Waals surface area contributed by atoms with Crippen LogP contribution in [0.1, 0.15) is 43.2 Å². The lowest BCUT2D eigenvalue weighted by Gasteiger charge is -2.35. The van der Waals surface area contributed by atoms with Gasteiger partial charge in [0.15, 0.2) is 11.5 Å². The van der Waals surface area contributed by atoms with Gasteiger partial charge in [-0.05, 0) is 76.9 Å². The lowest BCUT2D eigenvalue weighted by molar-refractivity contribution is -0.132. The van der Waals surface area contributed by atoms with Gasteiger partial charge in [0.1, 0.15) is 12.2 Å². The first-order chi connectivity index (χ1) is 16.8. The summed E-state index contributed by atoms with van der Waals surface area (Å²) in [5.41, 5.74) is 1.32. The number of ether oxygens (including phenoxy) is 2. The van der Waals surface area contributed by atoms with Crippen molar-refractivity contribution in [2.24, 2.45) is 0 Å². The molecule has 0 unspecified atom stereocenters. The molecule has 2 aromatic rings. The summed E-state index contributed by atoms with van der Waals surface area (Å²) in [5, 5.41) is 3.21. The molecule has 4 rings (SSSR count). The van der Waals surface area contributed by atoms with Crippen molar-refractivity contribution in [3.8, 4) is 11.5 Å². The number of amides is 4. The first kappa shape index (κ1) is 25.8. The highest BCUT2D eigenvalue weighted by molar-refractivity contribution is 14.1. The molecule has 4 amide bonds. The van der Waals surface area contributed by atoms with Gasteiger partial charge in [-0.3, -0.25) is 19.8 Å². The van der Waals surface area contributed by atoms with E-state index in [4.69, 9.17) is 32.7 Å². The Bertz CT molecular complexity index is 1210. The molecule has 1 aliphatic carbocycles. The van der Waals surface area contributed by atoms with Crippen LogP contribution in [-0.4, -0.2) is 35.9 Å². The average molecular weight is 629 g/mol. The normalized spacial score (nSPS) is 18.1. The van der Waals surface area contributed by atoms with Gasteiger partial charge in [0.2, 0.25) is 0 Å². The van der Waals surface area contributed by atoms with Gasteiger partial charge < -0.3 is 9.47 Å². The maximum Gasteiger partial charge on any atom is 0.331 e. The van der Waals surface area contributed by atoms with Gasteiger partial charge in [-0.25, -0.2) is 4.79 Å². The molecule has 2 aliphatic rings. The summed E-state index contributed by atoms with van der Waals surface area (Å²) < 4.78 is 12.2. The van der Waals surface area contributed by atoms with Crippen molar-refractivity contribution in [2.75, 3.05) is 7.11 Å². The molecule has 1 saturated carbocycles. The van der Waals surface area contributed by atoms with E-state index in [1.54, 1.807) is 24.3 Å². The first-order valence-electron chi connectivity index (χ1n) is 11.1. The number of carbonyl (C=O) groups excluding carboxylic acids is 3. The van der Waals surface area contributed by atoms with E-state index < -0.39 is 17.8 Å². The number of nitrogens with zero attached hydrogens (tertiary/aromatic N) is 1. The molecule has 1 heterocycles. The van der Waals surface area contributed by atoms with Crippen molar-refractivity contribution >= 4 is 69.7 Å². The van der Waals surface area contributed by atoms with E-state index in [1.165, 1.54) is 18.1 Å². The van der Waals surface area contributed by atoms with Gasteiger partial charge in [0.25, 0.3) is 11.8 Å². The highest BCUT2D eigenvalue weighted by Crippen LogP contribution is 2.36. The summed E-state index contributed by atoms with van der Waals surface area (Å²) in [7, 11) is 1.51. The number of barbiturate groups is 1. The van der Waals surface area contributed by atoms with Crippen LogP contribution in [0, 0.1) is 3.57 Å². The van der Waals surface area contributed by atoms with E-state index in [0.717, 1.165) is 41.2 Å². The summed E-state index contributed by atoms with van der Waals surface area (Å²) in [6.45, 7) is 0.239. The third kappa shape index (κ3) is 5.76. The Kier molecular flexibility index (Phi) is 8.23. The molecule has 10 heteroatoms. The SMILES string of the molecule is COc1cc(C=C2C(=O)NC(=O)N(C3CCCCC3)C2=O)cc(I)c1OCc1ccc(Cl)c(Cl)c1. The van der Waals surface area contributed by atoms with Crippen LogP contribution in [0.5, 0.6) is 11.5 Å². The molecule has 35 heavy (non-hydrogen) atoms. The molecule has 7 nitrogen and oxygen atoms in total. The Balaban J connectivity index is 1.59. The van der Waals surface area contributed by atoms with Crippen LogP contribution < -0.4 is 14.8 Å². The van der Waals surface area contributed by atoms with E-state index in [-0.39, 0.29) is 18.2 Å². The third-order valence-corrected chi connectivity index (χ3v) is 7.54. The Hall–Kier alpha value is -2.30. The highest BCUT2D eigenvalue weighted by atomic mass is 127. The van der Waals surface area contributed by atoms with Gasteiger partial charge >= 0.3 is 6.03 Å². The fourth-order valence-corrected chi connectivity index (χ4v) is 5.36. The van der Waals surface area contributed by atoms with Gasteiger partial charge in [0, 0.05) is 6.04 Å². The van der Waals surface area contributed by atoms with E-state index in [9.17, 15) is 14.4 Å². The Morgan fingerprint density at radius 3 is 2.51 bits per heavy atom. The Morgan fingerprint density at radius 2 is 1.83 bits per heavy atom. The van der Waals surface area contributed by atoms with Crippen molar-refractivity contribution in [2.45, 2.75) is 44.8 Å². The Morgan fingerprint density at radius 1 is 1.09 bits per heavy atom. The number of hydrogen-bond acceptors (Lipinski definition) is 5. The standard InChI is InChI=1S/C25H23Cl2IN2O5/c1-34-21-12-15(11-20(28)22(21)35-13-14-7-8-18(26)19(27)10-14)9-17-23(31)29-25(33)30(24(17)32)16-5-3-2-4-6-16/h7-12,16H,2-6,13H2,1H3,(H,29,31,33). The van der Waals surface area contributed by atoms with Crippen LogP contribution in [0.15, 0.2) is 35.9 Å². The maximum absolute atomic E-state index is 13.2. The minimum atomic E-state index is -0.707. The molecular formula is C25H23Cl2IN2O5. The molecule has 1 aliphatic heterocycles. The molecule has 0 radical (unpaired) electrons. The number of imide groups is 2. The van der Waals surface area contributed by atoms with E-state index in [0.29, 0.717) is 27.1 Å². The number of halogens is 3. The van der Waals surface area contributed by atoms with Crippen molar-refractivity contribution in [3.63, 3.8) is 0 Å². The largest absolute Gasteiger partial charge is 0.493 e. The monoisotopic (exact) mass is 628 g/mol. The summed E-state index contributed by atoms with van der Waals surface area (Å²) >= 11 is 14.2. The van der Waals surface area contributed by atoms with Crippen LogP contribution in [0.25, 0.3) is 6.08 Å². The second-order valence-electron chi connectivity index (χ2n) is 8.36. The summed E-state index contributed by atoms with van der Waals surface area (Å²) in [6, 6.07) is 7.87. The van der Waals surface area contributed by atoms with Gasteiger partial charge in [-0.15, -0.1) is 0 Å². The molecule has 0 aromatic heterocycles. The number of urea groups is 1. The van der Waals surface area contributed by atoms with Crippen molar-refractivity contribution in [1.29, 1.82) is 0 Å². The smallest absolute Gasteiger partial charge is 0.331 e. The lowest BCUT2D eigenvalue weighted by Crippen LogP contribution is -2.58. The van der Waals surface area contributed by atoms with Crippen molar-refractivity contribution in [1.82, 2.24) is 10.2 Å². The lowest BCUT2D eigenvalue weighted by atomic mass is 9.93. The minimum Gasteiger partial charge on any atom is -0.493 e. The topological polar surface area (TPSA) is 84.9 Å². The quantitative estimate of drug-likeness (QED) is 0.242. The number of carbonyl (C=O) groups is 3. The van der Waals surface area contributed by atoms with Gasteiger partial charge in [0.05, 0.1) is 20.7 Å². The van der Waals surface area contributed by atoms with Crippen molar-refractivity contribution in [3.05, 3.63) is 60.6 Å². The van der Waals surface area contributed by atoms with E-state index in [1.807, 2.05) is 6.07 Å². The Labute approximate surface area is 226 Å². The molecule has 2 fully saturated rings. The molecule has 1 N–H and O–H groups in total. The van der Waals surface area contributed by atoms with Crippen LogP contribution in [0.2, 0.25) is 10.0 Å².